The van der Waals surface area contributed by atoms with Crippen molar-refractivity contribution in [3.63, 3.8) is 0 Å². The average Bonchev–Trinajstić information content (AvgIpc) is 3.00. The van der Waals surface area contributed by atoms with Crippen molar-refractivity contribution < 1.29 is 8.42 Å². The quantitative estimate of drug-likeness (QED) is 0.756. The van der Waals surface area contributed by atoms with E-state index in [2.05, 4.69) is 21.9 Å². The number of nitrogens with one attached hydrogen (secondary N) is 2. The van der Waals surface area contributed by atoms with Gasteiger partial charge in [-0.25, -0.2) is 13.1 Å². The van der Waals surface area contributed by atoms with Gasteiger partial charge in [0.2, 0.25) is 10.0 Å². The molecule has 1 aliphatic heterocycles. The van der Waals surface area contributed by atoms with Crippen LogP contribution in [0.15, 0.2) is 17.5 Å². The monoisotopic (exact) mass is 331 g/mol. The number of hydrogen-bond donors (Lipinski definition) is 2. The van der Waals surface area contributed by atoms with Crippen molar-refractivity contribution in [2.75, 3.05) is 38.5 Å². The molecule has 1 fully saturated rings. The molecular weight excluding hydrogens is 306 g/mol. The molecule has 1 aromatic rings. The molecule has 21 heavy (non-hydrogen) atoms. The zero-order valence-corrected chi connectivity index (χ0v) is 14.2. The summed E-state index contributed by atoms with van der Waals surface area (Å²) in [6.07, 6.45) is 1.80. The van der Waals surface area contributed by atoms with Gasteiger partial charge in [-0.05, 0) is 17.9 Å². The van der Waals surface area contributed by atoms with E-state index >= 15 is 0 Å². The standard InChI is InChI=1S/C14H25N3O2S2/c1-2-4-13(14-5-3-11-20-14)16-21(18,19)12-10-17-8-6-15-7-9-17/h3,5,11,13,15-16H,2,4,6-10,12H2,1H3. The van der Waals surface area contributed by atoms with Gasteiger partial charge in [-0.1, -0.05) is 19.4 Å². The lowest BCUT2D eigenvalue weighted by Crippen LogP contribution is -2.46. The molecule has 0 spiro atoms. The van der Waals surface area contributed by atoms with Crippen molar-refractivity contribution in [3.8, 4) is 0 Å². The Morgan fingerprint density at radius 1 is 1.43 bits per heavy atom. The molecule has 0 radical (unpaired) electrons. The van der Waals surface area contributed by atoms with E-state index in [1.165, 1.54) is 0 Å². The maximum Gasteiger partial charge on any atom is 0.213 e. The molecule has 1 atom stereocenters. The predicted octanol–water partition coefficient (Wildman–Crippen LogP) is 1.41. The lowest BCUT2D eigenvalue weighted by molar-refractivity contribution is 0.253. The Labute approximate surface area is 131 Å². The molecule has 2 rings (SSSR count). The summed E-state index contributed by atoms with van der Waals surface area (Å²) in [7, 11) is -3.23. The van der Waals surface area contributed by atoms with Crippen molar-refractivity contribution in [1.82, 2.24) is 14.9 Å². The first kappa shape index (κ1) is 16.9. The summed E-state index contributed by atoms with van der Waals surface area (Å²) in [6, 6.07) is 3.89. The van der Waals surface area contributed by atoms with Crippen LogP contribution in [0.2, 0.25) is 0 Å². The summed E-state index contributed by atoms with van der Waals surface area (Å²) in [6.45, 7) is 6.44. The Kier molecular flexibility index (Phi) is 6.63. The third kappa shape index (κ3) is 5.67. The van der Waals surface area contributed by atoms with E-state index in [0.717, 1.165) is 43.9 Å². The summed E-state index contributed by atoms with van der Waals surface area (Å²) in [5.41, 5.74) is 0. The Bertz CT molecular complexity index is 496. The van der Waals surface area contributed by atoms with Gasteiger partial charge in [0, 0.05) is 37.6 Å². The van der Waals surface area contributed by atoms with E-state index in [-0.39, 0.29) is 11.8 Å². The first-order valence-electron chi connectivity index (χ1n) is 7.57. The van der Waals surface area contributed by atoms with E-state index in [0.29, 0.717) is 6.54 Å². The van der Waals surface area contributed by atoms with Crippen molar-refractivity contribution in [2.24, 2.45) is 0 Å². The Morgan fingerprint density at radius 2 is 2.19 bits per heavy atom. The molecule has 0 bridgehead atoms. The largest absolute Gasteiger partial charge is 0.314 e. The minimum atomic E-state index is -3.23. The second-order valence-corrected chi connectivity index (χ2v) is 8.24. The number of sulfonamides is 1. The number of rotatable bonds is 8. The average molecular weight is 332 g/mol. The third-order valence-electron chi connectivity index (χ3n) is 3.67. The van der Waals surface area contributed by atoms with E-state index in [4.69, 9.17) is 0 Å². The van der Waals surface area contributed by atoms with Crippen LogP contribution >= 0.6 is 11.3 Å². The molecule has 2 N–H and O–H groups in total. The molecule has 0 saturated carbocycles. The molecule has 5 nitrogen and oxygen atoms in total. The van der Waals surface area contributed by atoms with Crippen LogP contribution in [0.3, 0.4) is 0 Å². The number of piperazine rings is 1. The van der Waals surface area contributed by atoms with Gasteiger partial charge >= 0.3 is 0 Å². The molecule has 1 aromatic heterocycles. The van der Waals surface area contributed by atoms with Crippen LogP contribution in [0.5, 0.6) is 0 Å². The van der Waals surface area contributed by atoms with Gasteiger partial charge in [0.1, 0.15) is 0 Å². The molecule has 0 amide bonds. The molecule has 0 aromatic carbocycles. The van der Waals surface area contributed by atoms with E-state index < -0.39 is 10.0 Å². The lowest BCUT2D eigenvalue weighted by Gasteiger charge is -2.27. The highest BCUT2D eigenvalue weighted by Crippen LogP contribution is 2.24. The fourth-order valence-corrected chi connectivity index (χ4v) is 4.68. The second kappa shape index (κ2) is 8.24. The molecule has 1 saturated heterocycles. The van der Waals surface area contributed by atoms with Gasteiger partial charge in [-0.2, -0.15) is 0 Å². The van der Waals surface area contributed by atoms with Gasteiger partial charge in [0.15, 0.2) is 0 Å². The normalized spacial score (nSPS) is 18.7. The van der Waals surface area contributed by atoms with Crippen LogP contribution in [0.25, 0.3) is 0 Å². The number of hydrogen-bond acceptors (Lipinski definition) is 5. The van der Waals surface area contributed by atoms with Gasteiger partial charge in [-0.3, -0.25) is 4.90 Å². The molecule has 0 aliphatic carbocycles. The molecule has 1 unspecified atom stereocenters. The van der Waals surface area contributed by atoms with Crippen LogP contribution in [0.1, 0.15) is 30.7 Å². The number of thiophene rings is 1. The lowest BCUT2D eigenvalue weighted by atomic mass is 10.1. The first-order chi connectivity index (χ1) is 10.1. The Balaban J connectivity index is 1.88. The maximum absolute atomic E-state index is 12.3. The van der Waals surface area contributed by atoms with Crippen LogP contribution in [0, 0.1) is 0 Å². The van der Waals surface area contributed by atoms with E-state index in [9.17, 15) is 8.42 Å². The molecule has 2 heterocycles. The van der Waals surface area contributed by atoms with E-state index in [1.807, 2.05) is 17.5 Å². The van der Waals surface area contributed by atoms with Crippen LogP contribution < -0.4 is 10.0 Å². The fourth-order valence-electron chi connectivity index (χ4n) is 2.50. The first-order valence-corrected chi connectivity index (χ1v) is 10.1. The summed E-state index contributed by atoms with van der Waals surface area (Å²) in [5.74, 6) is 0.179. The van der Waals surface area contributed by atoms with E-state index in [1.54, 1.807) is 11.3 Å². The minimum Gasteiger partial charge on any atom is -0.314 e. The van der Waals surface area contributed by atoms with Gasteiger partial charge < -0.3 is 5.32 Å². The molecular formula is C14H25N3O2S2. The summed E-state index contributed by atoms with van der Waals surface area (Å²) < 4.78 is 27.5. The highest BCUT2D eigenvalue weighted by atomic mass is 32.2. The second-order valence-electron chi connectivity index (χ2n) is 5.39. The Morgan fingerprint density at radius 3 is 2.81 bits per heavy atom. The molecule has 1 aliphatic rings. The zero-order valence-electron chi connectivity index (χ0n) is 12.5. The smallest absolute Gasteiger partial charge is 0.213 e. The Hall–Kier alpha value is -0.470. The van der Waals surface area contributed by atoms with Crippen molar-refractivity contribution in [2.45, 2.75) is 25.8 Å². The zero-order chi connectivity index (χ0) is 15.1. The van der Waals surface area contributed by atoms with Gasteiger partial charge in [-0.15, -0.1) is 11.3 Å². The number of nitrogens with zero attached hydrogens (tertiary/aromatic N) is 1. The van der Waals surface area contributed by atoms with Crippen molar-refractivity contribution >= 4 is 21.4 Å². The van der Waals surface area contributed by atoms with Crippen LogP contribution in [-0.4, -0.2) is 51.8 Å². The van der Waals surface area contributed by atoms with Gasteiger partial charge in [0.25, 0.3) is 0 Å². The molecule has 7 heteroatoms. The van der Waals surface area contributed by atoms with Crippen LogP contribution in [-0.2, 0) is 10.0 Å². The predicted molar refractivity (Wildman–Crippen MR) is 88.2 cm³/mol. The van der Waals surface area contributed by atoms with Crippen molar-refractivity contribution in [1.29, 1.82) is 0 Å². The minimum absolute atomic E-state index is 0.0805. The SMILES string of the molecule is CCCC(NS(=O)(=O)CCN1CCNCC1)c1cccs1. The van der Waals surface area contributed by atoms with Crippen LogP contribution in [0.4, 0.5) is 0 Å². The third-order valence-corrected chi connectivity index (χ3v) is 6.02. The fraction of sp³-hybridized carbons (Fsp3) is 0.714. The highest BCUT2D eigenvalue weighted by molar-refractivity contribution is 7.89. The maximum atomic E-state index is 12.3. The summed E-state index contributed by atoms with van der Waals surface area (Å²) in [5, 5.41) is 5.27. The summed E-state index contributed by atoms with van der Waals surface area (Å²) >= 11 is 1.61. The summed E-state index contributed by atoms with van der Waals surface area (Å²) in [4.78, 5) is 3.30. The molecule has 120 valence electrons. The topological polar surface area (TPSA) is 61.4 Å². The van der Waals surface area contributed by atoms with Crippen molar-refractivity contribution in [3.05, 3.63) is 22.4 Å². The van der Waals surface area contributed by atoms with Gasteiger partial charge in [0.05, 0.1) is 11.8 Å². The highest BCUT2D eigenvalue weighted by Gasteiger charge is 2.21.